The van der Waals surface area contributed by atoms with Crippen LogP contribution in [0, 0.1) is 5.92 Å². The lowest BCUT2D eigenvalue weighted by Gasteiger charge is -2.17. The fraction of sp³-hybridized carbons (Fsp3) is 0.588. The summed E-state index contributed by atoms with van der Waals surface area (Å²) in [6.45, 7) is 3.42. The van der Waals surface area contributed by atoms with Crippen molar-refractivity contribution in [3.63, 3.8) is 0 Å². The standard InChI is InChI=1S/C17H24N2S/c1-2-12-18-14(13-10-11-13)7-5-9-17-19-15-6-3-4-8-16(15)20-17/h3-4,6,8,13-14,18H,2,5,7,9-12H2,1H3. The zero-order chi connectivity index (χ0) is 13.8. The van der Waals surface area contributed by atoms with E-state index in [2.05, 4.69) is 36.5 Å². The first-order valence-corrected chi connectivity index (χ1v) is 8.76. The Kier molecular flexibility index (Phi) is 4.69. The summed E-state index contributed by atoms with van der Waals surface area (Å²) in [5, 5.41) is 5.03. The summed E-state index contributed by atoms with van der Waals surface area (Å²) < 4.78 is 1.32. The fourth-order valence-electron chi connectivity index (χ4n) is 2.83. The molecule has 1 saturated carbocycles. The van der Waals surface area contributed by atoms with E-state index in [1.165, 1.54) is 48.4 Å². The van der Waals surface area contributed by atoms with Crippen LogP contribution in [0.5, 0.6) is 0 Å². The van der Waals surface area contributed by atoms with Gasteiger partial charge in [-0.1, -0.05) is 19.1 Å². The lowest BCUT2D eigenvalue weighted by atomic mass is 10.1. The number of benzene rings is 1. The Balaban J connectivity index is 1.50. The first kappa shape index (κ1) is 14.0. The maximum atomic E-state index is 4.73. The van der Waals surface area contributed by atoms with Crippen molar-refractivity contribution < 1.29 is 0 Å². The number of nitrogens with one attached hydrogen (secondary N) is 1. The molecular weight excluding hydrogens is 264 g/mol. The number of aryl methyl sites for hydroxylation is 1. The highest BCUT2D eigenvalue weighted by Gasteiger charge is 2.30. The molecule has 0 aliphatic heterocycles. The van der Waals surface area contributed by atoms with E-state index in [1.54, 1.807) is 0 Å². The van der Waals surface area contributed by atoms with Gasteiger partial charge in [-0.2, -0.15) is 0 Å². The third-order valence-electron chi connectivity index (χ3n) is 4.09. The van der Waals surface area contributed by atoms with Crippen LogP contribution < -0.4 is 5.32 Å². The molecule has 1 aromatic carbocycles. The molecule has 1 aliphatic rings. The summed E-state index contributed by atoms with van der Waals surface area (Å²) in [5.74, 6) is 0.955. The normalized spacial score (nSPS) is 16.6. The van der Waals surface area contributed by atoms with Crippen molar-refractivity contribution in [1.29, 1.82) is 0 Å². The first-order valence-electron chi connectivity index (χ1n) is 7.94. The van der Waals surface area contributed by atoms with Gasteiger partial charge in [0.1, 0.15) is 0 Å². The van der Waals surface area contributed by atoms with Gasteiger partial charge in [-0.25, -0.2) is 4.98 Å². The van der Waals surface area contributed by atoms with Gasteiger partial charge >= 0.3 is 0 Å². The second kappa shape index (κ2) is 6.68. The van der Waals surface area contributed by atoms with Crippen LogP contribution in [0.3, 0.4) is 0 Å². The van der Waals surface area contributed by atoms with Crippen molar-refractivity contribution in [3.05, 3.63) is 29.3 Å². The Morgan fingerprint density at radius 1 is 1.35 bits per heavy atom. The topological polar surface area (TPSA) is 24.9 Å². The molecule has 20 heavy (non-hydrogen) atoms. The molecule has 108 valence electrons. The predicted molar refractivity (Wildman–Crippen MR) is 87.4 cm³/mol. The molecule has 2 nitrogen and oxygen atoms in total. The van der Waals surface area contributed by atoms with Crippen LogP contribution in [0.4, 0.5) is 0 Å². The van der Waals surface area contributed by atoms with Crippen molar-refractivity contribution in [3.8, 4) is 0 Å². The Hall–Kier alpha value is -0.930. The Bertz CT molecular complexity index is 512. The van der Waals surface area contributed by atoms with Crippen molar-refractivity contribution in [2.24, 2.45) is 5.92 Å². The number of fused-ring (bicyclic) bond motifs is 1. The Morgan fingerprint density at radius 3 is 2.95 bits per heavy atom. The zero-order valence-corrected chi connectivity index (χ0v) is 13.1. The molecule has 1 heterocycles. The maximum Gasteiger partial charge on any atom is 0.0938 e. The third-order valence-corrected chi connectivity index (χ3v) is 5.19. The number of aromatic nitrogens is 1. The highest BCUT2D eigenvalue weighted by Crippen LogP contribution is 2.35. The molecule has 1 aliphatic carbocycles. The molecule has 2 aromatic rings. The monoisotopic (exact) mass is 288 g/mol. The van der Waals surface area contributed by atoms with Crippen LogP contribution in [0.1, 0.15) is 44.0 Å². The summed E-state index contributed by atoms with van der Waals surface area (Å²) >= 11 is 1.86. The van der Waals surface area contributed by atoms with E-state index in [9.17, 15) is 0 Å². The molecule has 1 unspecified atom stereocenters. The molecule has 0 bridgehead atoms. The van der Waals surface area contributed by atoms with Gasteiger partial charge in [0.05, 0.1) is 15.2 Å². The molecular formula is C17H24N2S. The van der Waals surface area contributed by atoms with Crippen LogP contribution in [0.25, 0.3) is 10.2 Å². The van der Waals surface area contributed by atoms with Gasteiger partial charge in [0.15, 0.2) is 0 Å². The van der Waals surface area contributed by atoms with Crippen LogP contribution in [-0.4, -0.2) is 17.6 Å². The van der Waals surface area contributed by atoms with Crippen molar-refractivity contribution in [1.82, 2.24) is 10.3 Å². The van der Waals surface area contributed by atoms with Crippen molar-refractivity contribution >= 4 is 21.6 Å². The smallest absolute Gasteiger partial charge is 0.0938 e. The Labute approximate surface area is 125 Å². The Morgan fingerprint density at radius 2 is 2.20 bits per heavy atom. The number of thiazole rings is 1. The van der Waals surface area contributed by atoms with Crippen LogP contribution in [0.2, 0.25) is 0 Å². The average molecular weight is 288 g/mol. The minimum Gasteiger partial charge on any atom is -0.314 e. The minimum atomic E-state index is 0.754. The number of nitrogens with zero attached hydrogens (tertiary/aromatic N) is 1. The fourth-order valence-corrected chi connectivity index (χ4v) is 3.84. The van der Waals surface area contributed by atoms with E-state index in [4.69, 9.17) is 4.98 Å². The van der Waals surface area contributed by atoms with Gasteiger partial charge in [0.2, 0.25) is 0 Å². The van der Waals surface area contributed by atoms with Crippen LogP contribution in [0.15, 0.2) is 24.3 Å². The van der Waals surface area contributed by atoms with Gasteiger partial charge in [-0.05, 0) is 63.1 Å². The molecule has 1 atom stereocenters. The van der Waals surface area contributed by atoms with E-state index in [1.807, 2.05) is 11.3 Å². The summed E-state index contributed by atoms with van der Waals surface area (Å²) in [6, 6.07) is 9.22. The number of para-hydroxylation sites is 1. The lowest BCUT2D eigenvalue weighted by molar-refractivity contribution is 0.425. The molecule has 0 radical (unpaired) electrons. The highest BCUT2D eigenvalue weighted by molar-refractivity contribution is 7.18. The van der Waals surface area contributed by atoms with Gasteiger partial charge in [-0.3, -0.25) is 0 Å². The van der Waals surface area contributed by atoms with Gasteiger partial charge in [-0.15, -0.1) is 11.3 Å². The molecule has 0 amide bonds. The summed E-state index contributed by atoms with van der Waals surface area (Å²) in [7, 11) is 0. The van der Waals surface area contributed by atoms with Crippen molar-refractivity contribution in [2.75, 3.05) is 6.54 Å². The summed E-state index contributed by atoms with van der Waals surface area (Å²) in [5.41, 5.74) is 1.16. The summed E-state index contributed by atoms with van der Waals surface area (Å²) in [6.07, 6.45) is 7.81. The summed E-state index contributed by atoms with van der Waals surface area (Å²) in [4.78, 5) is 4.73. The predicted octanol–water partition coefficient (Wildman–Crippen LogP) is 4.40. The number of rotatable bonds is 8. The number of hydrogen-bond donors (Lipinski definition) is 1. The molecule has 1 N–H and O–H groups in total. The quantitative estimate of drug-likeness (QED) is 0.779. The minimum absolute atomic E-state index is 0.754. The van der Waals surface area contributed by atoms with Crippen molar-refractivity contribution in [2.45, 2.75) is 51.5 Å². The molecule has 1 fully saturated rings. The van der Waals surface area contributed by atoms with Gasteiger partial charge in [0.25, 0.3) is 0 Å². The first-order chi connectivity index (χ1) is 9.86. The molecule has 0 saturated heterocycles. The number of hydrogen-bond acceptors (Lipinski definition) is 3. The average Bonchev–Trinajstić information content (AvgIpc) is 3.22. The second-order valence-electron chi connectivity index (χ2n) is 5.87. The van der Waals surface area contributed by atoms with Crippen LogP contribution >= 0.6 is 11.3 Å². The van der Waals surface area contributed by atoms with E-state index in [-0.39, 0.29) is 0 Å². The zero-order valence-electron chi connectivity index (χ0n) is 12.3. The molecule has 0 spiro atoms. The SMILES string of the molecule is CCCNC(CCCc1nc2ccccc2s1)C1CC1. The largest absolute Gasteiger partial charge is 0.314 e. The van der Waals surface area contributed by atoms with E-state index in [0.29, 0.717) is 0 Å². The van der Waals surface area contributed by atoms with Gasteiger partial charge in [0, 0.05) is 6.04 Å². The van der Waals surface area contributed by atoms with E-state index >= 15 is 0 Å². The third kappa shape index (κ3) is 3.58. The highest BCUT2D eigenvalue weighted by atomic mass is 32.1. The lowest BCUT2D eigenvalue weighted by Crippen LogP contribution is -2.31. The van der Waals surface area contributed by atoms with Gasteiger partial charge < -0.3 is 5.32 Å². The maximum absolute atomic E-state index is 4.73. The van der Waals surface area contributed by atoms with Crippen LogP contribution in [-0.2, 0) is 6.42 Å². The van der Waals surface area contributed by atoms with E-state index in [0.717, 1.165) is 23.9 Å². The van der Waals surface area contributed by atoms with E-state index < -0.39 is 0 Å². The second-order valence-corrected chi connectivity index (χ2v) is 6.98. The molecule has 3 rings (SSSR count). The molecule has 1 aromatic heterocycles. The molecule has 3 heteroatoms.